The van der Waals surface area contributed by atoms with E-state index >= 15 is 0 Å². The molecular formula is C15H27NO3. The zero-order valence-electron chi connectivity index (χ0n) is 12.6. The van der Waals surface area contributed by atoms with Gasteiger partial charge >= 0.3 is 0 Å². The summed E-state index contributed by atoms with van der Waals surface area (Å²) in [5, 5.41) is 3.33. The summed E-state index contributed by atoms with van der Waals surface area (Å²) >= 11 is 0. The van der Waals surface area contributed by atoms with Crippen LogP contribution in [-0.4, -0.2) is 25.9 Å². The van der Waals surface area contributed by atoms with Crippen molar-refractivity contribution in [2.24, 2.45) is 0 Å². The van der Waals surface area contributed by atoms with Crippen molar-refractivity contribution in [1.82, 2.24) is 5.32 Å². The van der Waals surface area contributed by atoms with Crippen molar-refractivity contribution >= 4 is 0 Å². The van der Waals surface area contributed by atoms with Crippen LogP contribution in [0.15, 0.2) is 16.7 Å². The molecule has 1 N–H and O–H groups in total. The highest BCUT2D eigenvalue weighted by molar-refractivity contribution is 5.15. The van der Waals surface area contributed by atoms with E-state index in [1.165, 1.54) is 0 Å². The molecule has 0 radical (unpaired) electrons. The van der Waals surface area contributed by atoms with E-state index in [9.17, 15) is 0 Å². The molecule has 0 aliphatic heterocycles. The monoisotopic (exact) mass is 269 g/mol. The smallest absolute Gasteiger partial charge is 0.123 e. The minimum Gasteiger partial charge on any atom is -0.468 e. The van der Waals surface area contributed by atoms with Gasteiger partial charge in [0.1, 0.15) is 5.76 Å². The van der Waals surface area contributed by atoms with Gasteiger partial charge in [0.15, 0.2) is 0 Å². The Balaban J connectivity index is 2.27. The van der Waals surface area contributed by atoms with Crippen LogP contribution in [0.2, 0.25) is 0 Å². The van der Waals surface area contributed by atoms with Crippen LogP contribution in [-0.2, 0) is 22.6 Å². The SMILES string of the molecule is CCCNCc1occc1COCCC(C)(C)OC. The maximum absolute atomic E-state index is 5.69. The standard InChI is InChI=1S/C15H27NO3/c1-5-8-16-11-14-13(6-9-19-14)12-18-10-7-15(2,3)17-4/h6,9,16H,5,7-8,10-12H2,1-4H3. The second-order valence-electron chi connectivity index (χ2n) is 5.31. The number of hydrogen-bond donors (Lipinski definition) is 1. The van der Waals surface area contributed by atoms with Crippen LogP contribution in [0.25, 0.3) is 0 Å². The van der Waals surface area contributed by atoms with Crippen LogP contribution in [0.4, 0.5) is 0 Å². The normalized spacial score (nSPS) is 12.0. The maximum Gasteiger partial charge on any atom is 0.123 e. The van der Waals surface area contributed by atoms with E-state index < -0.39 is 0 Å². The molecule has 0 unspecified atom stereocenters. The molecule has 0 amide bonds. The second-order valence-corrected chi connectivity index (χ2v) is 5.31. The van der Waals surface area contributed by atoms with Gasteiger partial charge in [-0.2, -0.15) is 0 Å². The van der Waals surface area contributed by atoms with E-state index in [-0.39, 0.29) is 5.60 Å². The van der Waals surface area contributed by atoms with Gasteiger partial charge in [-0.15, -0.1) is 0 Å². The lowest BCUT2D eigenvalue weighted by molar-refractivity contribution is -0.0125. The molecule has 1 heterocycles. The van der Waals surface area contributed by atoms with Crippen molar-refractivity contribution in [1.29, 1.82) is 0 Å². The van der Waals surface area contributed by atoms with Crippen LogP contribution in [0.3, 0.4) is 0 Å². The molecule has 0 spiro atoms. The van der Waals surface area contributed by atoms with Crippen molar-refractivity contribution in [3.8, 4) is 0 Å². The Hall–Kier alpha value is -0.840. The van der Waals surface area contributed by atoms with Crippen molar-refractivity contribution < 1.29 is 13.9 Å². The van der Waals surface area contributed by atoms with Gasteiger partial charge in [-0.3, -0.25) is 0 Å². The van der Waals surface area contributed by atoms with Crippen LogP contribution < -0.4 is 5.32 Å². The number of ether oxygens (including phenoxy) is 2. The Kier molecular flexibility index (Phi) is 7.13. The highest BCUT2D eigenvalue weighted by Crippen LogP contribution is 2.15. The summed E-state index contributed by atoms with van der Waals surface area (Å²) in [5.74, 6) is 0.972. The lowest BCUT2D eigenvalue weighted by atomic mass is 10.1. The van der Waals surface area contributed by atoms with Crippen molar-refractivity contribution in [2.75, 3.05) is 20.3 Å². The average molecular weight is 269 g/mol. The van der Waals surface area contributed by atoms with E-state index in [0.717, 1.165) is 37.3 Å². The summed E-state index contributed by atoms with van der Waals surface area (Å²) in [6, 6.07) is 1.98. The Morgan fingerprint density at radius 2 is 2.16 bits per heavy atom. The Morgan fingerprint density at radius 1 is 1.37 bits per heavy atom. The number of furan rings is 1. The number of nitrogens with one attached hydrogen (secondary N) is 1. The van der Waals surface area contributed by atoms with Gasteiger partial charge in [0.25, 0.3) is 0 Å². The quantitative estimate of drug-likeness (QED) is 0.663. The number of methoxy groups -OCH3 is 1. The fourth-order valence-corrected chi connectivity index (χ4v) is 1.63. The molecule has 0 saturated carbocycles. The number of rotatable bonds is 10. The summed E-state index contributed by atoms with van der Waals surface area (Å²) in [5.41, 5.74) is 1.00. The third-order valence-electron chi connectivity index (χ3n) is 3.21. The first-order valence-corrected chi connectivity index (χ1v) is 6.98. The fourth-order valence-electron chi connectivity index (χ4n) is 1.63. The fraction of sp³-hybridized carbons (Fsp3) is 0.733. The summed E-state index contributed by atoms with van der Waals surface area (Å²) < 4.78 is 16.5. The molecule has 0 bridgehead atoms. The minimum absolute atomic E-state index is 0.123. The summed E-state index contributed by atoms with van der Waals surface area (Å²) in [4.78, 5) is 0. The second kappa shape index (κ2) is 8.35. The van der Waals surface area contributed by atoms with Crippen molar-refractivity contribution in [2.45, 2.75) is 52.4 Å². The van der Waals surface area contributed by atoms with Crippen molar-refractivity contribution in [3.63, 3.8) is 0 Å². The molecule has 0 aromatic carbocycles. The third-order valence-corrected chi connectivity index (χ3v) is 3.21. The molecule has 1 aromatic rings. The topological polar surface area (TPSA) is 43.6 Å². The molecule has 110 valence electrons. The maximum atomic E-state index is 5.69. The molecule has 19 heavy (non-hydrogen) atoms. The lowest BCUT2D eigenvalue weighted by Gasteiger charge is -2.22. The predicted molar refractivity (Wildman–Crippen MR) is 76.1 cm³/mol. The molecule has 4 heteroatoms. The zero-order chi connectivity index (χ0) is 14.1. The summed E-state index contributed by atoms with van der Waals surface area (Å²) in [6.07, 6.45) is 3.73. The van der Waals surface area contributed by atoms with Crippen LogP contribution in [0.5, 0.6) is 0 Å². The minimum atomic E-state index is -0.123. The molecular weight excluding hydrogens is 242 g/mol. The molecule has 0 aliphatic carbocycles. The average Bonchev–Trinajstić information content (AvgIpc) is 2.83. The molecule has 4 nitrogen and oxygen atoms in total. The van der Waals surface area contributed by atoms with Gasteiger partial charge in [-0.25, -0.2) is 0 Å². The van der Waals surface area contributed by atoms with E-state index in [1.54, 1.807) is 13.4 Å². The highest BCUT2D eigenvalue weighted by Gasteiger charge is 2.15. The lowest BCUT2D eigenvalue weighted by Crippen LogP contribution is -2.24. The van der Waals surface area contributed by atoms with Gasteiger partial charge < -0.3 is 19.2 Å². The van der Waals surface area contributed by atoms with E-state index in [4.69, 9.17) is 13.9 Å². The molecule has 0 saturated heterocycles. The zero-order valence-corrected chi connectivity index (χ0v) is 12.6. The summed E-state index contributed by atoms with van der Waals surface area (Å²) in [6.45, 7) is 9.33. The molecule has 1 aromatic heterocycles. The Bertz CT molecular complexity index is 347. The first-order chi connectivity index (χ1) is 9.09. The van der Waals surface area contributed by atoms with Crippen LogP contribution in [0, 0.1) is 0 Å². The Labute approximate surface area is 116 Å². The van der Waals surface area contributed by atoms with E-state index in [2.05, 4.69) is 26.1 Å². The molecule has 1 rings (SSSR count). The van der Waals surface area contributed by atoms with Gasteiger partial charge in [0, 0.05) is 19.3 Å². The van der Waals surface area contributed by atoms with Crippen LogP contribution in [0.1, 0.15) is 44.9 Å². The summed E-state index contributed by atoms with van der Waals surface area (Å²) in [7, 11) is 1.73. The van der Waals surface area contributed by atoms with Gasteiger partial charge in [-0.05, 0) is 39.3 Å². The van der Waals surface area contributed by atoms with Gasteiger partial charge in [0.05, 0.1) is 25.0 Å². The predicted octanol–water partition coefficient (Wildman–Crippen LogP) is 3.11. The molecule has 0 aliphatic rings. The molecule has 0 fully saturated rings. The van der Waals surface area contributed by atoms with Gasteiger partial charge in [-0.1, -0.05) is 6.92 Å². The van der Waals surface area contributed by atoms with Gasteiger partial charge in [0.2, 0.25) is 0 Å². The third kappa shape index (κ3) is 6.23. The largest absolute Gasteiger partial charge is 0.468 e. The highest BCUT2D eigenvalue weighted by atomic mass is 16.5. The first kappa shape index (κ1) is 16.2. The first-order valence-electron chi connectivity index (χ1n) is 6.98. The number of hydrogen-bond acceptors (Lipinski definition) is 4. The Morgan fingerprint density at radius 3 is 2.84 bits per heavy atom. The van der Waals surface area contributed by atoms with Crippen molar-refractivity contribution in [3.05, 3.63) is 23.7 Å². The molecule has 0 atom stereocenters. The van der Waals surface area contributed by atoms with Crippen LogP contribution >= 0.6 is 0 Å². The van der Waals surface area contributed by atoms with E-state index in [1.807, 2.05) is 6.07 Å². The van der Waals surface area contributed by atoms with E-state index in [0.29, 0.717) is 13.2 Å².